The predicted molar refractivity (Wildman–Crippen MR) is 67.6 cm³/mol. The quantitative estimate of drug-likeness (QED) is 0.794. The highest BCUT2D eigenvalue weighted by Gasteiger charge is 2.28. The maximum Gasteiger partial charge on any atom is 0.0586 e. The molecule has 0 aromatic heterocycles. The Labute approximate surface area is 100 Å². The minimum atomic E-state index is 0.517. The van der Waals surface area contributed by atoms with E-state index in [1.54, 1.807) is 0 Å². The van der Waals surface area contributed by atoms with E-state index in [2.05, 4.69) is 12.2 Å². The van der Waals surface area contributed by atoms with Gasteiger partial charge in [-0.2, -0.15) is 0 Å². The first kappa shape index (κ1) is 12.4. The predicted octanol–water partition coefficient (Wildman–Crippen LogP) is 3.11. The summed E-state index contributed by atoms with van der Waals surface area (Å²) in [4.78, 5) is 0. The van der Waals surface area contributed by atoms with Crippen molar-refractivity contribution in [1.29, 1.82) is 0 Å². The second-order valence-corrected chi connectivity index (χ2v) is 5.67. The molecule has 2 fully saturated rings. The van der Waals surface area contributed by atoms with Gasteiger partial charge in [-0.1, -0.05) is 26.2 Å². The smallest absolute Gasteiger partial charge is 0.0586 e. The minimum Gasteiger partial charge on any atom is -0.381 e. The van der Waals surface area contributed by atoms with Crippen LogP contribution in [0.5, 0.6) is 0 Å². The fourth-order valence-corrected chi connectivity index (χ4v) is 3.45. The summed E-state index contributed by atoms with van der Waals surface area (Å²) in [7, 11) is 1.85. The van der Waals surface area contributed by atoms with Gasteiger partial charge in [0, 0.05) is 19.2 Å². The second-order valence-electron chi connectivity index (χ2n) is 5.67. The van der Waals surface area contributed by atoms with Gasteiger partial charge in [-0.15, -0.1) is 0 Å². The molecule has 2 heteroatoms. The summed E-state index contributed by atoms with van der Waals surface area (Å²) in [6, 6.07) is 1.52. The summed E-state index contributed by atoms with van der Waals surface area (Å²) < 4.78 is 5.43. The molecule has 2 aliphatic rings. The first-order valence-electron chi connectivity index (χ1n) is 7.10. The number of nitrogens with one attached hydrogen (secondary N) is 1. The van der Waals surface area contributed by atoms with Gasteiger partial charge < -0.3 is 10.1 Å². The molecule has 0 aromatic rings. The summed E-state index contributed by atoms with van der Waals surface area (Å²) >= 11 is 0. The van der Waals surface area contributed by atoms with Crippen molar-refractivity contribution in [3.63, 3.8) is 0 Å². The molecule has 0 saturated heterocycles. The third-order valence-electron chi connectivity index (χ3n) is 4.55. The number of methoxy groups -OCH3 is 1. The Morgan fingerprint density at radius 2 is 1.88 bits per heavy atom. The molecule has 0 radical (unpaired) electrons. The number of hydrogen-bond donors (Lipinski definition) is 1. The largest absolute Gasteiger partial charge is 0.381 e. The molecule has 2 aliphatic carbocycles. The zero-order valence-corrected chi connectivity index (χ0v) is 10.9. The lowest BCUT2D eigenvalue weighted by molar-refractivity contribution is 0.106. The zero-order chi connectivity index (χ0) is 11.4. The van der Waals surface area contributed by atoms with Crippen LogP contribution in [0, 0.1) is 5.92 Å². The molecule has 1 N–H and O–H groups in total. The van der Waals surface area contributed by atoms with Crippen molar-refractivity contribution < 1.29 is 4.74 Å². The normalized spacial score (nSPS) is 40.1. The van der Waals surface area contributed by atoms with Gasteiger partial charge in [-0.05, 0) is 38.0 Å². The van der Waals surface area contributed by atoms with Gasteiger partial charge >= 0.3 is 0 Å². The molecule has 4 atom stereocenters. The van der Waals surface area contributed by atoms with Crippen molar-refractivity contribution in [2.75, 3.05) is 7.11 Å². The monoisotopic (exact) mass is 225 g/mol. The van der Waals surface area contributed by atoms with E-state index in [4.69, 9.17) is 4.74 Å². The third kappa shape index (κ3) is 3.21. The summed E-state index contributed by atoms with van der Waals surface area (Å²) in [5.74, 6) is 0.978. The van der Waals surface area contributed by atoms with Crippen molar-refractivity contribution in [3.05, 3.63) is 0 Å². The second kappa shape index (κ2) is 6.02. The van der Waals surface area contributed by atoms with E-state index < -0.39 is 0 Å². The first-order valence-corrected chi connectivity index (χ1v) is 7.10. The maximum atomic E-state index is 5.43. The van der Waals surface area contributed by atoms with E-state index in [1.165, 1.54) is 51.4 Å². The summed E-state index contributed by atoms with van der Waals surface area (Å²) in [5, 5.41) is 3.87. The van der Waals surface area contributed by atoms with E-state index >= 15 is 0 Å². The lowest BCUT2D eigenvalue weighted by Gasteiger charge is -2.31. The van der Waals surface area contributed by atoms with Crippen LogP contribution < -0.4 is 5.32 Å². The highest BCUT2D eigenvalue weighted by molar-refractivity contribution is 4.86. The van der Waals surface area contributed by atoms with Crippen LogP contribution in [0.1, 0.15) is 58.3 Å². The maximum absolute atomic E-state index is 5.43. The Kier molecular flexibility index (Phi) is 4.66. The van der Waals surface area contributed by atoms with Crippen LogP contribution in [0.4, 0.5) is 0 Å². The Hall–Kier alpha value is -0.0800. The molecule has 16 heavy (non-hydrogen) atoms. The van der Waals surface area contributed by atoms with Crippen LogP contribution >= 0.6 is 0 Å². The standard InChI is InChI=1S/C14H27NO/c1-3-11-5-4-6-12(9-11)15-13-7-8-14(10-13)16-2/h11-15H,3-10H2,1-2H3. The number of hydrogen-bond acceptors (Lipinski definition) is 2. The Morgan fingerprint density at radius 3 is 2.56 bits per heavy atom. The van der Waals surface area contributed by atoms with Crippen LogP contribution in [0.2, 0.25) is 0 Å². The zero-order valence-electron chi connectivity index (χ0n) is 10.9. The van der Waals surface area contributed by atoms with Gasteiger partial charge in [-0.3, -0.25) is 0 Å². The Bertz CT molecular complexity index is 207. The van der Waals surface area contributed by atoms with E-state index in [1.807, 2.05) is 7.11 Å². The number of ether oxygens (including phenoxy) is 1. The van der Waals surface area contributed by atoms with Crippen LogP contribution in [0.3, 0.4) is 0 Å². The molecule has 94 valence electrons. The summed E-state index contributed by atoms with van der Waals surface area (Å²) in [6.45, 7) is 2.34. The highest BCUT2D eigenvalue weighted by Crippen LogP contribution is 2.29. The fraction of sp³-hybridized carbons (Fsp3) is 1.00. The summed E-state index contributed by atoms with van der Waals surface area (Å²) in [5.41, 5.74) is 0. The van der Waals surface area contributed by atoms with Gasteiger partial charge in [-0.25, -0.2) is 0 Å². The van der Waals surface area contributed by atoms with Crippen LogP contribution in [-0.4, -0.2) is 25.3 Å². The Balaban J connectivity index is 1.73. The molecule has 0 aromatic carbocycles. The van der Waals surface area contributed by atoms with Crippen molar-refractivity contribution in [1.82, 2.24) is 5.32 Å². The van der Waals surface area contributed by atoms with E-state index in [9.17, 15) is 0 Å². The van der Waals surface area contributed by atoms with Gasteiger partial charge in [0.25, 0.3) is 0 Å². The SMILES string of the molecule is CCC1CCCC(NC2CCC(OC)C2)C1. The fourth-order valence-electron chi connectivity index (χ4n) is 3.45. The lowest BCUT2D eigenvalue weighted by Crippen LogP contribution is -2.40. The molecule has 4 unspecified atom stereocenters. The third-order valence-corrected chi connectivity index (χ3v) is 4.55. The van der Waals surface area contributed by atoms with E-state index in [0.717, 1.165) is 18.0 Å². The molecule has 0 amide bonds. The van der Waals surface area contributed by atoms with E-state index in [0.29, 0.717) is 6.10 Å². The molecule has 2 rings (SSSR count). The van der Waals surface area contributed by atoms with Crippen molar-refractivity contribution >= 4 is 0 Å². The minimum absolute atomic E-state index is 0.517. The Morgan fingerprint density at radius 1 is 1.06 bits per heavy atom. The van der Waals surface area contributed by atoms with Gasteiger partial charge in [0.15, 0.2) is 0 Å². The molecule has 0 spiro atoms. The van der Waals surface area contributed by atoms with Crippen molar-refractivity contribution in [3.8, 4) is 0 Å². The average Bonchev–Trinajstić information content (AvgIpc) is 2.77. The summed E-state index contributed by atoms with van der Waals surface area (Å²) in [6.07, 6.45) is 11.4. The molecule has 0 aliphatic heterocycles. The average molecular weight is 225 g/mol. The number of rotatable bonds is 4. The first-order chi connectivity index (χ1) is 7.81. The topological polar surface area (TPSA) is 21.3 Å². The van der Waals surface area contributed by atoms with Crippen LogP contribution in [-0.2, 0) is 4.74 Å². The van der Waals surface area contributed by atoms with E-state index in [-0.39, 0.29) is 0 Å². The molecule has 2 saturated carbocycles. The molecular weight excluding hydrogens is 198 g/mol. The lowest BCUT2D eigenvalue weighted by atomic mass is 9.84. The van der Waals surface area contributed by atoms with Gasteiger partial charge in [0.05, 0.1) is 6.10 Å². The van der Waals surface area contributed by atoms with Crippen molar-refractivity contribution in [2.24, 2.45) is 5.92 Å². The van der Waals surface area contributed by atoms with Gasteiger partial charge in [0.2, 0.25) is 0 Å². The van der Waals surface area contributed by atoms with Crippen LogP contribution in [0.15, 0.2) is 0 Å². The molecule has 0 bridgehead atoms. The highest BCUT2D eigenvalue weighted by atomic mass is 16.5. The van der Waals surface area contributed by atoms with Crippen LogP contribution in [0.25, 0.3) is 0 Å². The molecule has 0 heterocycles. The van der Waals surface area contributed by atoms with Crippen molar-refractivity contribution in [2.45, 2.75) is 76.5 Å². The molecule has 2 nitrogen and oxygen atoms in total. The van der Waals surface area contributed by atoms with Gasteiger partial charge in [0.1, 0.15) is 0 Å². The molecular formula is C14H27NO.